The van der Waals surface area contributed by atoms with Gasteiger partial charge in [0, 0.05) is 6.54 Å². The summed E-state index contributed by atoms with van der Waals surface area (Å²) in [5, 5.41) is 3.33. The van der Waals surface area contributed by atoms with Gasteiger partial charge in [-0.15, -0.1) is 6.42 Å². The fraction of sp³-hybridized carbons (Fsp3) is 0.250. The molecule has 0 fully saturated rings. The number of hydrogen-bond acceptors (Lipinski definition) is 2. The van der Waals surface area contributed by atoms with Gasteiger partial charge in [0.1, 0.15) is 11.5 Å². The van der Waals surface area contributed by atoms with Crippen molar-refractivity contribution in [2.24, 2.45) is 0 Å². The van der Waals surface area contributed by atoms with Crippen LogP contribution in [0.5, 0.6) is 0 Å². The highest BCUT2D eigenvalue weighted by molar-refractivity contribution is 5.96. The minimum Gasteiger partial charge on any atom is -0.340 e. The van der Waals surface area contributed by atoms with E-state index < -0.39 is 11.7 Å². The van der Waals surface area contributed by atoms with Crippen LogP contribution in [0, 0.1) is 18.2 Å². The second-order valence-electron chi connectivity index (χ2n) is 4.60. The lowest BCUT2D eigenvalue weighted by atomic mass is 10.1. The fourth-order valence-electron chi connectivity index (χ4n) is 2.18. The van der Waals surface area contributed by atoms with Gasteiger partial charge in [-0.05, 0) is 30.0 Å². The van der Waals surface area contributed by atoms with E-state index in [4.69, 9.17) is 6.42 Å². The van der Waals surface area contributed by atoms with Crippen LogP contribution in [0.3, 0.4) is 0 Å². The Hall–Kier alpha value is -2.61. The van der Waals surface area contributed by atoms with Crippen LogP contribution >= 0.6 is 0 Å². The molecule has 4 nitrogen and oxygen atoms in total. The van der Waals surface area contributed by atoms with E-state index in [1.807, 2.05) is 6.92 Å². The normalized spacial score (nSPS) is 10.3. The Morgan fingerprint density at radius 1 is 1.43 bits per heavy atom. The highest BCUT2D eigenvalue weighted by atomic mass is 19.1. The molecule has 21 heavy (non-hydrogen) atoms. The molecular weight excluding hydrogens is 271 g/mol. The average molecular weight is 286 g/mol. The second-order valence-corrected chi connectivity index (χ2v) is 4.60. The lowest BCUT2D eigenvalue weighted by molar-refractivity contribution is 0.0948. The van der Waals surface area contributed by atoms with Crippen molar-refractivity contribution >= 4 is 16.7 Å². The molecule has 2 aromatic rings. The summed E-state index contributed by atoms with van der Waals surface area (Å²) >= 11 is 0. The van der Waals surface area contributed by atoms with E-state index in [2.05, 4.69) is 11.2 Å². The number of terminal acetylenes is 1. The van der Waals surface area contributed by atoms with Gasteiger partial charge in [0.25, 0.3) is 11.5 Å². The van der Waals surface area contributed by atoms with Crippen molar-refractivity contribution in [3.8, 4) is 12.3 Å². The molecular formula is C16H15FN2O2. The highest BCUT2D eigenvalue weighted by Gasteiger charge is 2.15. The van der Waals surface area contributed by atoms with Crippen LogP contribution in [-0.4, -0.2) is 17.0 Å². The number of benzene rings is 1. The molecule has 1 heterocycles. The lowest BCUT2D eigenvalue weighted by Gasteiger charge is -2.13. The summed E-state index contributed by atoms with van der Waals surface area (Å²) in [4.78, 5) is 24.6. The maximum Gasteiger partial charge on any atom is 0.268 e. The summed E-state index contributed by atoms with van der Waals surface area (Å²) in [6.07, 6.45) is 5.79. The summed E-state index contributed by atoms with van der Waals surface area (Å²) < 4.78 is 14.7. The molecule has 0 radical (unpaired) electrons. The molecule has 0 saturated heterocycles. The Bertz CT molecular complexity index is 787. The predicted molar refractivity (Wildman–Crippen MR) is 79.6 cm³/mol. The van der Waals surface area contributed by atoms with Crippen LogP contribution in [0.25, 0.3) is 10.8 Å². The largest absolute Gasteiger partial charge is 0.340 e. The maximum atomic E-state index is 13.3. The third-order valence-corrected chi connectivity index (χ3v) is 3.10. The van der Waals surface area contributed by atoms with E-state index >= 15 is 0 Å². The van der Waals surface area contributed by atoms with Crippen LogP contribution in [0.1, 0.15) is 23.8 Å². The van der Waals surface area contributed by atoms with Gasteiger partial charge in [-0.2, -0.15) is 0 Å². The van der Waals surface area contributed by atoms with Crippen LogP contribution in [0.2, 0.25) is 0 Å². The molecule has 5 heteroatoms. The van der Waals surface area contributed by atoms with Gasteiger partial charge >= 0.3 is 0 Å². The molecule has 0 unspecified atom stereocenters. The molecule has 1 aromatic heterocycles. The Kier molecular flexibility index (Phi) is 4.39. The SMILES string of the molecule is C#CCNC(=O)c1cc2ccc(F)cc2c(=O)n1CCC. The number of amides is 1. The Morgan fingerprint density at radius 3 is 2.86 bits per heavy atom. The minimum atomic E-state index is -0.479. The molecule has 1 amide bonds. The number of carbonyl (C=O) groups is 1. The number of rotatable bonds is 4. The first-order chi connectivity index (χ1) is 10.1. The van der Waals surface area contributed by atoms with E-state index in [0.717, 1.165) is 0 Å². The van der Waals surface area contributed by atoms with Crippen LogP contribution in [0.15, 0.2) is 29.1 Å². The number of aromatic nitrogens is 1. The van der Waals surface area contributed by atoms with Crippen molar-refractivity contribution in [3.05, 3.63) is 46.1 Å². The molecule has 0 aliphatic heterocycles. The summed E-state index contributed by atoms with van der Waals surface area (Å²) in [6, 6.07) is 5.51. The first-order valence-corrected chi connectivity index (χ1v) is 6.63. The molecule has 0 atom stereocenters. The quantitative estimate of drug-likeness (QED) is 0.873. The molecule has 0 aliphatic carbocycles. The fourth-order valence-corrected chi connectivity index (χ4v) is 2.18. The van der Waals surface area contributed by atoms with Gasteiger partial charge in [0.2, 0.25) is 0 Å². The number of halogens is 1. The van der Waals surface area contributed by atoms with Crippen LogP contribution in [-0.2, 0) is 6.54 Å². The third-order valence-electron chi connectivity index (χ3n) is 3.10. The molecule has 0 aliphatic rings. The van der Waals surface area contributed by atoms with Gasteiger partial charge in [0.05, 0.1) is 11.9 Å². The van der Waals surface area contributed by atoms with Crippen molar-refractivity contribution in [2.45, 2.75) is 19.9 Å². The van der Waals surface area contributed by atoms with Crippen molar-refractivity contribution in [1.82, 2.24) is 9.88 Å². The van der Waals surface area contributed by atoms with Gasteiger partial charge < -0.3 is 9.88 Å². The van der Waals surface area contributed by atoms with Gasteiger partial charge in [-0.25, -0.2) is 4.39 Å². The zero-order valence-corrected chi connectivity index (χ0v) is 11.6. The summed E-state index contributed by atoms with van der Waals surface area (Å²) in [7, 11) is 0. The Morgan fingerprint density at radius 2 is 2.19 bits per heavy atom. The number of hydrogen-bond donors (Lipinski definition) is 1. The van der Waals surface area contributed by atoms with Crippen molar-refractivity contribution in [2.75, 3.05) is 6.54 Å². The molecule has 0 spiro atoms. The van der Waals surface area contributed by atoms with E-state index in [1.54, 1.807) is 6.07 Å². The Balaban J connectivity index is 2.66. The van der Waals surface area contributed by atoms with Gasteiger partial charge in [-0.3, -0.25) is 9.59 Å². The van der Waals surface area contributed by atoms with Gasteiger partial charge in [-0.1, -0.05) is 18.9 Å². The van der Waals surface area contributed by atoms with E-state index in [9.17, 15) is 14.0 Å². The van der Waals surface area contributed by atoms with E-state index in [1.165, 1.54) is 22.8 Å². The molecule has 0 saturated carbocycles. The third kappa shape index (κ3) is 2.95. The number of carbonyl (C=O) groups excluding carboxylic acids is 1. The van der Waals surface area contributed by atoms with Crippen LogP contribution in [0.4, 0.5) is 4.39 Å². The number of fused-ring (bicyclic) bond motifs is 1. The summed E-state index contributed by atoms with van der Waals surface area (Å²) in [5.41, 5.74) is -0.143. The smallest absolute Gasteiger partial charge is 0.268 e. The van der Waals surface area contributed by atoms with Crippen LogP contribution < -0.4 is 10.9 Å². The lowest BCUT2D eigenvalue weighted by Crippen LogP contribution is -2.32. The monoisotopic (exact) mass is 286 g/mol. The molecule has 1 N–H and O–H groups in total. The zero-order valence-electron chi connectivity index (χ0n) is 11.6. The number of pyridine rings is 1. The highest BCUT2D eigenvalue weighted by Crippen LogP contribution is 2.14. The molecule has 2 rings (SSSR count). The average Bonchev–Trinajstić information content (AvgIpc) is 2.48. The van der Waals surface area contributed by atoms with Gasteiger partial charge in [0.15, 0.2) is 0 Å². The van der Waals surface area contributed by atoms with E-state index in [0.29, 0.717) is 18.4 Å². The summed E-state index contributed by atoms with van der Waals surface area (Å²) in [6.45, 7) is 2.36. The number of nitrogens with zero attached hydrogens (tertiary/aromatic N) is 1. The van der Waals surface area contributed by atoms with Crippen molar-refractivity contribution in [3.63, 3.8) is 0 Å². The first kappa shape index (κ1) is 14.8. The number of nitrogens with one attached hydrogen (secondary N) is 1. The van der Waals surface area contributed by atoms with E-state index in [-0.39, 0.29) is 23.2 Å². The first-order valence-electron chi connectivity index (χ1n) is 6.63. The van der Waals surface area contributed by atoms with Crippen molar-refractivity contribution < 1.29 is 9.18 Å². The summed E-state index contributed by atoms with van der Waals surface area (Å²) in [5.74, 6) is 1.42. The molecule has 108 valence electrons. The standard InChI is InChI=1S/C16H15FN2O2/c1-3-7-18-15(20)14-9-11-5-6-12(17)10-13(11)16(21)19(14)8-4-2/h1,5-6,9-10H,4,7-8H2,2H3,(H,18,20). The maximum absolute atomic E-state index is 13.3. The second kappa shape index (κ2) is 6.23. The molecule has 0 bridgehead atoms. The topological polar surface area (TPSA) is 51.1 Å². The Labute approximate surface area is 121 Å². The predicted octanol–water partition coefficient (Wildman–Crippen LogP) is 1.91. The van der Waals surface area contributed by atoms with Crippen molar-refractivity contribution in [1.29, 1.82) is 0 Å². The zero-order chi connectivity index (χ0) is 15.4. The minimum absolute atomic E-state index is 0.0839. The molecule has 1 aromatic carbocycles.